The molecule has 2 aliphatic heterocycles. The number of halogens is 1. The molecule has 5 rings (SSSR count). The van der Waals surface area contributed by atoms with Crippen LogP contribution in [0.15, 0.2) is 24.3 Å². The van der Waals surface area contributed by atoms with E-state index >= 15 is 0 Å². The van der Waals surface area contributed by atoms with Crippen molar-refractivity contribution in [1.82, 2.24) is 9.80 Å². The fourth-order valence-electron chi connectivity index (χ4n) is 8.04. The van der Waals surface area contributed by atoms with Gasteiger partial charge in [-0.25, -0.2) is 9.18 Å². The molecule has 1 aromatic rings. The van der Waals surface area contributed by atoms with Gasteiger partial charge in [0.05, 0.1) is 11.8 Å². The molecule has 4 aliphatic rings. The summed E-state index contributed by atoms with van der Waals surface area (Å²) >= 11 is 0. The lowest BCUT2D eigenvalue weighted by molar-refractivity contribution is -0.146. The molecule has 2 saturated carbocycles. The third-order valence-electron chi connectivity index (χ3n) is 9.69. The largest absolute Gasteiger partial charge is 0.381 e. The first kappa shape index (κ1) is 23.6. The van der Waals surface area contributed by atoms with E-state index in [1.165, 1.54) is 18.9 Å². The van der Waals surface area contributed by atoms with Gasteiger partial charge in [-0.2, -0.15) is 0 Å². The fraction of sp³-hybridized carbons (Fsp3) is 0.704. The maximum absolute atomic E-state index is 14.0. The molecule has 6 atom stereocenters. The molecule has 3 amide bonds. The van der Waals surface area contributed by atoms with Crippen LogP contribution in [0.2, 0.25) is 0 Å². The predicted octanol–water partition coefficient (Wildman–Crippen LogP) is 4.76. The second-order valence-electron chi connectivity index (χ2n) is 11.2. The number of piperidine rings is 2. The van der Waals surface area contributed by atoms with Crippen molar-refractivity contribution in [3.8, 4) is 0 Å². The zero-order chi connectivity index (χ0) is 24.0. The highest BCUT2D eigenvalue weighted by atomic mass is 19.1. The van der Waals surface area contributed by atoms with E-state index in [1.54, 1.807) is 25.1 Å². The van der Waals surface area contributed by atoms with Crippen LogP contribution in [-0.4, -0.2) is 60.6 Å². The van der Waals surface area contributed by atoms with E-state index in [-0.39, 0.29) is 29.1 Å². The summed E-state index contributed by atoms with van der Waals surface area (Å²) in [5.41, 5.74) is 0.271. The number of hydrogen-bond donors (Lipinski definition) is 1. The average molecular weight is 472 g/mol. The molecule has 4 fully saturated rings. The maximum Gasteiger partial charge on any atom is 0.321 e. The molecule has 1 spiro atoms. The highest BCUT2D eigenvalue weighted by Crippen LogP contribution is 2.62. The Balaban J connectivity index is 1.35. The van der Waals surface area contributed by atoms with E-state index in [2.05, 4.69) is 17.1 Å². The minimum absolute atomic E-state index is 0.0525. The van der Waals surface area contributed by atoms with Crippen LogP contribution in [0.3, 0.4) is 0 Å². The van der Waals surface area contributed by atoms with Gasteiger partial charge in [0.2, 0.25) is 5.91 Å². The molecule has 2 heterocycles. The Bertz CT molecular complexity index is 931. The number of carbonyl (C=O) groups is 2. The molecular weight excluding hydrogens is 433 g/mol. The summed E-state index contributed by atoms with van der Waals surface area (Å²) in [5.74, 6) is 2.21. The van der Waals surface area contributed by atoms with Gasteiger partial charge in [0.15, 0.2) is 0 Å². The molecule has 186 valence electrons. The number of para-hydroxylation sites is 1. The Morgan fingerprint density at radius 3 is 2.53 bits per heavy atom. The van der Waals surface area contributed by atoms with Gasteiger partial charge in [0.1, 0.15) is 5.82 Å². The number of anilines is 1. The molecule has 1 aromatic carbocycles. The predicted molar refractivity (Wildman–Crippen MR) is 129 cm³/mol. The number of urea groups is 1. The number of methoxy groups -OCH3 is 1. The summed E-state index contributed by atoms with van der Waals surface area (Å²) in [6.45, 7) is 6.02. The van der Waals surface area contributed by atoms with Crippen LogP contribution in [0.4, 0.5) is 14.9 Å². The smallest absolute Gasteiger partial charge is 0.321 e. The molecule has 6 nitrogen and oxygen atoms in total. The Hall–Kier alpha value is -2.15. The number of fused-ring (bicyclic) bond motifs is 4. The summed E-state index contributed by atoms with van der Waals surface area (Å²) in [6.07, 6.45) is 6.79. The summed E-state index contributed by atoms with van der Waals surface area (Å²) in [6, 6.07) is 6.31. The minimum atomic E-state index is -0.422. The van der Waals surface area contributed by atoms with Crippen molar-refractivity contribution in [3.05, 3.63) is 30.1 Å². The van der Waals surface area contributed by atoms with Crippen molar-refractivity contribution in [2.24, 2.45) is 29.1 Å². The lowest BCUT2D eigenvalue weighted by Gasteiger charge is -2.57. The van der Waals surface area contributed by atoms with E-state index in [4.69, 9.17) is 4.74 Å². The quantitative estimate of drug-likeness (QED) is 0.677. The molecule has 2 saturated heterocycles. The van der Waals surface area contributed by atoms with Crippen molar-refractivity contribution in [1.29, 1.82) is 0 Å². The second kappa shape index (κ2) is 9.14. The number of hydrogen-bond acceptors (Lipinski definition) is 3. The van der Waals surface area contributed by atoms with E-state index in [9.17, 15) is 14.0 Å². The molecular formula is C27H38FN3O3. The summed E-state index contributed by atoms with van der Waals surface area (Å²) < 4.78 is 19.8. The molecule has 0 radical (unpaired) electrons. The topological polar surface area (TPSA) is 61.9 Å². The van der Waals surface area contributed by atoms with E-state index in [0.717, 1.165) is 32.2 Å². The normalized spacial score (nSPS) is 34.5. The third kappa shape index (κ3) is 4.00. The number of rotatable bonds is 2. The number of amides is 3. The van der Waals surface area contributed by atoms with Gasteiger partial charge in [0, 0.05) is 39.7 Å². The first-order chi connectivity index (χ1) is 16.3. The first-order valence-corrected chi connectivity index (χ1v) is 12.9. The zero-order valence-electron chi connectivity index (χ0n) is 20.6. The molecule has 1 N–H and O–H groups in total. The van der Waals surface area contributed by atoms with E-state index in [1.807, 2.05) is 12.0 Å². The van der Waals surface area contributed by atoms with Crippen LogP contribution in [0.25, 0.3) is 0 Å². The van der Waals surface area contributed by atoms with Crippen molar-refractivity contribution in [2.75, 3.05) is 32.1 Å². The van der Waals surface area contributed by atoms with Crippen LogP contribution in [0.5, 0.6) is 0 Å². The molecule has 7 heteroatoms. The van der Waals surface area contributed by atoms with Gasteiger partial charge in [-0.1, -0.05) is 12.1 Å². The van der Waals surface area contributed by atoms with Crippen molar-refractivity contribution < 1.29 is 18.7 Å². The monoisotopic (exact) mass is 471 g/mol. The summed E-state index contributed by atoms with van der Waals surface area (Å²) in [5, 5.41) is 2.74. The number of nitrogens with one attached hydrogen (secondary N) is 1. The summed E-state index contributed by atoms with van der Waals surface area (Å²) in [7, 11) is 1.83. The van der Waals surface area contributed by atoms with Crippen molar-refractivity contribution in [3.63, 3.8) is 0 Å². The zero-order valence-corrected chi connectivity index (χ0v) is 20.6. The highest BCUT2D eigenvalue weighted by Gasteiger charge is 2.60. The van der Waals surface area contributed by atoms with Crippen LogP contribution in [0.1, 0.15) is 52.4 Å². The molecule has 2 aliphatic carbocycles. The van der Waals surface area contributed by atoms with Gasteiger partial charge in [0.25, 0.3) is 0 Å². The number of benzene rings is 1. The van der Waals surface area contributed by atoms with Crippen molar-refractivity contribution in [2.45, 2.75) is 64.5 Å². The Labute approximate surface area is 202 Å². The second-order valence-corrected chi connectivity index (χ2v) is 11.2. The van der Waals surface area contributed by atoms with E-state index in [0.29, 0.717) is 42.9 Å². The Morgan fingerprint density at radius 1 is 1.12 bits per heavy atom. The lowest BCUT2D eigenvalue weighted by atomic mass is 9.57. The van der Waals surface area contributed by atoms with Gasteiger partial charge in [-0.3, -0.25) is 4.79 Å². The standard InChI is InChI=1S/C27H38FN3O3/c1-17-22-15-19-14-20(34-3)8-9-21(19)25(22)27(16-31(17)18(2)32)10-12-30(13-11-27)26(33)29-24-7-5-4-6-23(24)28/h4-7,17,19-22,25H,8-16H2,1-3H3,(H,29,33)/t17-,19?,20?,21?,22?,25?/m0/s1. The van der Waals surface area contributed by atoms with Crippen molar-refractivity contribution >= 4 is 17.6 Å². The number of carbonyl (C=O) groups excluding carboxylic acids is 2. The third-order valence-corrected chi connectivity index (χ3v) is 9.69. The SMILES string of the molecule is COC1CCC2C(C1)CC1C2C2(CCN(C(=O)Nc3ccccc3F)CC2)CN(C(C)=O)[C@H]1C. The maximum atomic E-state index is 14.0. The minimum Gasteiger partial charge on any atom is -0.381 e. The van der Waals surface area contributed by atoms with E-state index < -0.39 is 5.82 Å². The van der Waals surface area contributed by atoms with Gasteiger partial charge in [-0.15, -0.1) is 0 Å². The van der Waals surface area contributed by atoms with Gasteiger partial charge < -0.3 is 19.9 Å². The lowest BCUT2D eigenvalue weighted by Crippen LogP contribution is -2.62. The van der Waals surface area contributed by atoms with Gasteiger partial charge >= 0.3 is 6.03 Å². The molecule has 5 unspecified atom stereocenters. The average Bonchev–Trinajstić information content (AvgIpc) is 3.23. The highest BCUT2D eigenvalue weighted by molar-refractivity contribution is 5.89. The van der Waals surface area contributed by atoms with Crippen LogP contribution >= 0.6 is 0 Å². The Morgan fingerprint density at radius 2 is 1.85 bits per heavy atom. The molecule has 0 aromatic heterocycles. The number of likely N-dealkylation sites (tertiary alicyclic amines) is 2. The number of ether oxygens (including phenoxy) is 1. The van der Waals surface area contributed by atoms with Crippen LogP contribution in [-0.2, 0) is 9.53 Å². The summed E-state index contributed by atoms with van der Waals surface area (Å²) in [4.78, 5) is 29.5. The van der Waals surface area contributed by atoms with Crippen LogP contribution < -0.4 is 5.32 Å². The first-order valence-electron chi connectivity index (χ1n) is 12.9. The number of nitrogens with zero attached hydrogens (tertiary/aromatic N) is 2. The Kier molecular flexibility index (Phi) is 6.34. The molecule has 34 heavy (non-hydrogen) atoms. The fourth-order valence-corrected chi connectivity index (χ4v) is 8.04. The van der Waals surface area contributed by atoms with Crippen LogP contribution in [0, 0.1) is 34.9 Å². The molecule has 0 bridgehead atoms. The van der Waals surface area contributed by atoms with Gasteiger partial charge in [-0.05, 0) is 86.7 Å².